The van der Waals surface area contributed by atoms with Crippen LogP contribution in [-0.4, -0.2) is 5.84 Å². The van der Waals surface area contributed by atoms with Crippen LogP contribution in [-0.2, 0) is 0 Å². The summed E-state index contributed by atoms with van der Waals surface area (Å²) in [5.74, 6) is 0.894. The third kappa shape index (κ3) is 2.45. The molecule has 1 aliphatic rings. The molecule has 0 radical (unpaired) electrons. The van der Waals surface area contributed by atoms with Crippen LogP contribution in [0.25, 0.3) is 0 Å². The van der Waals surface area contributed by atoms with Gasteiger partial charge in [0.25, 0.3) is 0 Å². The Hall–Kier alpha value is -2.29. The van der Waals surface area contributed by atoms with E-state index in [1.165, 1.54) is 16.7 Å². The van der Waals surface area contributed by atoms with Crippen molar-refractivity contribution in [3.8, 4) is 0 Å². The van der Waals surface area contributed by atoms with Crippen LogP contribution in [0.2, 0.25) is 0 Å². The topological polar surface area (TPSA) is 36.4 Å². The molecule has 3 nitrogen and oxygen atoms in total. The molecule has 0 bridgehead atoms. The van der Waals surface area contributed by atoms with Crippen LogP contribution in [0.3, 0.4) is 0 Å². The molecule has 1 atom stereocenters. The van der Waals surface area contributed by atoms with Crippen molar-refractivity contribution >= 4 is 5.84 Å². The normalized spacial score (nSPS) is 17.6. The lowest BCUT2D eigenvalue weighted by Gasteiger charge is -2.12. The Balaban J connectivity index is 1.76. The first kappa shape index (κ1) is 11.8. The molecule has 0 saturated carbocycles. The van der Waals surface area contributed by atoms with Gasteiger partial charge in [-0.15, -0.1) is 0 Å². The number of hydrazone groups is 1. The van der Waals surface area contributed by atoms with Gasteiger partial charge in [0.05, 0.1) is 0 Å². The van der Waals surface area contributed by atoms with Crippen molar-refractivity contribution in [3.05, 3.63) is 70.8 Å². The number of amidine groups is 1. The van der Waals surface area contributed by atoms with E-state index in [4.69, 9.17) is 0 Å². The van der Waals surface area contributed by atoms with Gasteiger partial charge in [0.2, 0.25) is 0 Å². The number of hydrogen-bond acceptors (Lipinski definition) is 3. The van der Waals surface area contributed by atoms with Crippen LogP contribution in [0.15, 0.2) is 53.6 Å². The van der Waals surface area contributed by atoms with E-state index in [1.54, 1.807) is 0 Å². The molecular formula is C16H17N3. The first-order valence-electron chi connectivity index (χ1n) is 6.46. The molecule has 1 unspecified atom stereocenters. The molecule has 0 spiro atoms. The van der Waals surface area contributed by atoms with E-state index in [0.29, 0.717) is 0 Å². The third-order valence-electron chi connectivity index (χ3n) is 3.32. The summed E-state index contributed by atoms with van der Waals surface area (Å²) in [5, 5.41) is 7.77. The average Bonchev–Trinajstić information content (AvgIpc) is 2.90. The Bertz CT molecular complexity index is 597. The molecular weight excluding hydrogens is 234 g/mol. The molecule has 0 amide bonds. The fourth-order valence-electron chi connectivity index (χ4n) is 2.11. The predicted molar refractivity (Wildman–Crippen MR) is 77.9 cm³/mol. The van der Waals surface area contributed by atoms with Crippen molar-refractivity contribution in [2.45, 2.75) is 20.0 Å². The Morgan fingerprint density at radius 3 is 2.05 bits per heavy atom. The highest BCUT2D eigenvalue weighted by molar-refractivity contribution is 5.99. The van der Waals surface area contributed by atoms with Gasteiger partial charge in [0.15, 0.2) is 5.84 Å². The Morgan fingerprint density at radius 2 is 1.42 bits per heavy atom. The average molecular weight is 251 g/mol. The Kier molecular flexibility index (Phi) is 2.95. The van der Waals surface area contributed by atoms with Gasteiger partial charge < -0.3 is 5.32 Å². The summed E-state index contributed by atoms with van der Waals surface area (Å²) in [6.07, 6.45) is 0.0527. The molecule has 3 heteroatoms. The number of aryl methyl sites for hydroxylation is 2. The second-order valence-electron chi connectivity index (χ2n) is 4.94. The summed E-state index contributed by atoms with van der Waals surface area (Å²) < 4.78 is 0. The number of benzene rings is 2. The van der Waals surface area contributed by atoms with Crippen molar-refractivity contribution in [2.75, 3.05) is 0 Å². The number of hydrogen-bond donors (Lipinski definition) is 2. The van der Waals surface area contributed by atoms with Crippen LogP contribution in [0.4, 0.5) is 0 Å². The van der Waals surface area contributed by atoms with Gasteiger partial charge in [-0.1, -0.05) is 59.7 Å². The van der Waals surface area contributed by atoms with Crippen LogP contribution < -0.4 is 10.7 Å². The van der Waals surface area contributed by atoms with Gasteiger partial charge in [0.1, 0.15) is 6.17 Å². The van der Waals surface area contributed by atoms with Gasteiger partial charge in [0, 0.05) is 5.56 Å². The molecule has 19 heavy (non-hydrogen) atoms. The van der Waals surface area contributed by atoms with E-state index in [-0.39, 0.29) is 6.17 Å². The first-order chi connectivity index (χ1) is 9.22. The number of nitrogens with one attached hydrogen (secondary N) is 2. The van der Waals surface area contributed by atoms with Crippen molar-refractivity contribution in [1.82, 2.24) is 10.7 Å². The molecule has 1 aliphatic heterocycles. The standard InChI is InChI=1S/C16H17N3/c1-11-3-7-13(8-4-11)15-17-16(19-18-15)14-9-5-12(2)6-10-14/h3-10,15,18H,1-2H3,(H,17,19). The first-order valence-corrected chi connectivity index (χ1v) is 6.46. The lowest BCUT2D eigenvalue weighted by atomic mass is 10.1. The monoisotopic (exact) mass is 251 g/mol. The van der Waals surface area contributed by atoms with E-state index in [0.717, 1.165) is 11.4 Å². The fourth-order valence-corrected chi connectivity index (χ4v) is 2.11. The van der Waals surface area contributed by atoms with Crippen LogP contribution in [0, 0.1) is 13.8 Å². The highest BCUT2D eigenvalue weighted by Crippen LogP contribution is 2.16. The van der Waals surface area contributed by atoms with Crippen LogP contribution in [0.1, 0.15) is 28.4 Å². The lowest BCUT2D eigenvalue weighted by Crippen LogP contribution is -2.27. The molecule has 2 N–H and O–H groups in total. The lowest BCUT2D eigenvalue weighted by molar-refractivity contribution is 0.574. The van der Waals surface area contributed by atoms with Gasteiger partial charge in [-0.05, 0) is 19.4 Å². The minimum atomic E-state index is 0.0527. The van der Waals surface area contributed by atoms with Gasteiger partial charge >= 0.3 is 0 Å². The van der Waals surface area contributed by atoms with E-state index in [1.807, 2.05) is 0 Å². The highest BCUT2D eigenvalue weighted by atomic mass is 15.4. The molecule has 1 heterocycles. The van der Waals surface area contributed by atoms with E-state index < -0.39 is 0 Å². The molecule has 96 valence electrons. The molecule has 0 saturated heterocycles. The summed E-state index contributed by atoms with van der Waals surface area (Å²) in [6.45, 7) is 4.18. The summed E-state index contributed by atoms with van der Waals surface area (Å²) in [5.41, 5.74) is 7.95. The summed E-state index contributed by atoms with van der Waals surface area (Å²) in [7, 11) is 0. The minimum absolute atomic E-state index is 0.0527. The fraction of sp³-hybridized carbons (Fsp3) is 0.188. The van der Waals surface area contributed by atoms with E-state index >= 15 is 0 Å². The largest absolute Gasteiger partial charge is 0.343 e. The Labute approximate surface area is 113 Å². The second kappa shape index (κ2) is 4.76. The molecule has 0 aliphatic carbocycles. The zero-order chi connectivity index (χ0) is 13.2. The maximum atomic E-state index is 4.37. The Morgan fingerprint density at radius 1 is 0.842 bits per heavy atom. The molecule has 3 rings (SSSR count). The van der Waals surface area contributed by atoms with Crippen molar-refractivity contribution in [1.29, 1.82) is 0 Å². The number of nitrogens with zero attached hydrogens (tertiary/aromatic N) is 1. The van der Waals surface area contributed by atoms with Crippen molar-refractivity contribution in [2.24, 2.45) is 5.10 Å². The van der Waals surface area contributed by atoms with Gasteiger partial charge in [-0.3, -0.25) is 5.43 Å². The zero-order valence-corrected chi connectivity index (χ0v) is 11.1. The van der Waals surface area contributed by atoms with Gasteiger partial charge in [-0.25, -0.2) is 0 Å². The molecule has 0 fully saturated rings. The van der Waals surface area contributed by atoms with Crippen molar-refractivity contribution < 1.29 is 0 Å². The van der Waals surface area contributed by atoms with Crippen LogP contribution >= 0.6 is 0 Å². The summed E-state index contributed by atoms with van der Waals surface area (Å²) >= 11 is 0. The minimum Gasteiger partial charge on any atom is -0.343 e. The predicted octanol–water partition coefficient (Wildman–Crippen LogP) is 2.86. The highest BCUT2D eigenvalue weighted by Gasteiger charge is 2.19. The van der Waals surface area contributed by atoms with Crippen LogP contribution in [0.5, 0.6) is 0 Å². The molecule has 2 aromatic carbocycles. The van der Waals surface area contributed by atoms with E-state index in [9.17, 15) is 0 Å². The molecule has 0 aromatic heterocycles. The summed E-state index contributed by atoms with van der Waals surface area (Å²) in [4.78, 5) is 0. The smallest absolute Gasteiger partial charge is 0.155 e. The quantitative estimate of drug-likeness (QED) is 0.861. The molecule has 2 aromatic rings. The SMILES string of the molecule is Cc1ccc(C2=NNC(c3ccc(C)cc3)N2)cc1. The van der Waals surface area contributed by atoms with E-state index in [2.05, 4.69) is 78.2 Å². The van der Waals surface area contributed by atoms with Gasteiger partial charge in [-0.2, -0.15) is 5.10 Å². The number of rotatable bonds is 2. The maximum Gasteiger partial charge on any atom is 0.155 e. The summed E-state index contributed by atoms with van der Waals surface area (Å²) in [6, 6.07) is 16.8. The second-order valence-corrected chi connectivity index (χ2v) is 4.94. The maximum absolute atomic E-state index is 4.37. The third-order valence-corrected chi connectivity index (χ3v) is 3.32. The zero-order valence-electron chi connectivity index (χ0n) is 11.1. The van der Waals surface area contributed by atoms with Crippen molar-refractivity contribution in [3.63, 3.8) is 0 Å².